The summed E-state index contributed by atoms with van der Waals surface area (Å²) in [6, 6.07) is 4.49. The fourth-order valence-electron chi connectivity index (χ4n) is 1.69. The number of carboxylic acids is 1. The summed E-state index contributed by atoms with van der Waals surface area (Å²) in [5.41, 5.74) is 0. The second-order valence-corrected chi connectivity index (χ2v) is 5.95. The van der Waals surface area contributed by atoms with Crippen molar-refractivity contribution in [3.63, 3.8) is 0 Å². The number of sulfonamides is 1. The highest BCUT2D eigenvalue weighted by molar-refractivity contribution is 7.89. The highest BCUT2D eigenvalue weighted by atomic mass is 32.2. The van der Waals surface area contributed by atoms with Crippen molar-refractivity contribution in [2.24, 2.45) is 0 Å². The molecule has 0 radical (unpaired) electrons. The average Bonchev–Trinajstić information content (AvgIpc) is 2.37. The number of hydrogen-bond donors (Lipinski definition) is 1. The Morgan fingerprint density at radius 2 is 2.05 bits per heavy atom. The van der Waals surface area contributed by atoms with E-state index in [-0.39, 0.29) is 17.3 Å². The molecule has 8 heteroatoms. The minimum absolute atomic E-state index is 0.0894. The number of likely N-dealkylation sites (N-methyl/N-ethyl adjacent to an activating group) is 1. The summed E-state index contributed by atoms with van der Waals surface area (Å²) in [5, 5.41) is 8.67. The normalized spacial score (nSPS) is 14.4. The van der Waals surface area contributed by atoms with Gasteiger partial charge in [0.05, 0.1) is 0 Å². The molecule has 0 amide bonds. The molecule has 0 spiro atoms. The molecule has 0 saturated heterocycles. The van der Waals surface area contributed by atoms with Crippen LogP contribution >= 0.6 is 0 Å². The van der Waals surface area contributed by atoms with Crippen LogP contribution in [0.2, 0.25) is 0 Å². The second-order valence-electron chi connectivity index (χ2n) is 3.94. The molecule has 0 saturated carbocycles. The number of nitrogens with zero attached hydrogens (tertiary/aromatic N) is 1. The molecular weight excluding hydrogens is 274 g/mol. The van der Waals surface area contributed by atoms with Gasteiger partial charge in [-0.25, -0.2) is 8.42 Å². The smallest absolute Gasteiger partial charge is 0.318 e. The van der Waals surface area contributed by atoms with Crippen molar-refractivity contribution in [3.8, 4) is 11.5 Å². The number of para-hydroxylation sites is 1. The van der Waals surface area contributed by atoms with Gasteiger partial charge in [0.15, 0.2) is 11.5 Å². The van der Waals surface area contributed by atoms with E-state index in [4.69, 9.17) is 14.6 Å². The summed E-state index contributed by atoms with van der Waals surface area (Å²) in [6.45, 7) is -0.0174. The lowest BCUT2D eigenvalue weighted by molar-refractivity contribution is -0.137. The van der Waals surface area contributed by atoms with Gasteiger partial charge in [0.2, 0.25) is 10.0 Å². The first-order valence-electron chi connectivity index (χ1n) is 5.49. The third kappa shape index (κ3) is 2.64. The molecule has 0 bridgehead atoms. The van der Waals surface area contributed by atoms with Crippen LogP contribution in [0.3, 0.4) is 0 Å². The number of hydrogen-bond acceptors (Lipinski definition) is 5. The van der Waals surface area contributed by atoms with Gasteiger partial charge < -0.3 is 14.6 Å². The third-order valence-corrected chi connectivity index (χ3v) is 4.40. The van der Waals surface area contributed by atoms with Gasteiger partial charge in [0.25, 0.3) is 0 Å². The van der Waals surface area contributed by atoms with Gasteiger partial charge in [-0.2, -0.15) is 4.31 Å². The topological polar surface area (TPSA) is 93.1 Å². The van der Waals surface area contributed by atoms with Gasteiger partial charge >= 0.3 is 5.97 Å². The SMILES string of the molecule is CN(CC(=O)O)S(=O)(=O)c1cccc2c1OCCO2. The monoisotopic (exact) mass is 287 g/mol. The van der Waals surface area contributed by atoms with E-state index in [2.05, 4.69) is 0 Å². The Balaban J connectivity index is 2.43. The molecular formula is C11H13NO6S. The summed E-state index contributed by atoms with van der Waals surface area (Å²) in [7, 11) is -2.73. The molecule has 1 aromatic rings. The van der Waals surface area contributed by atoms with E-state index in [1.165, 1.54) is 19.2 Å². The van der Waals surface area contributed by atoms with Gasteiger partial charge in [-0.1, -0.05) is 6.07 Å². The lowest BCUT2D eigenvalue weighted by Crippen LogP contribution is -2.32. The van der Waals surface area contributed by atoms with Gasteiger partial charge in [-0.05, 0) is 12.1 Å². The van der Waals surface area contributed by atoms with Crippen LogP contribution < -0.4 is 9.47 Å². The van der Waals surface area contributed by atoms with E-state index in [0.29, 0.717) is 12.4 Å². The van der Waals surface area contributed by atoms with Crippen LogP contribution in [0.15, 0.2) is 23.1 Å². The maximum Gasteiger partial charge on any atom is 0.318 e. The summed E-state index contributed by atoms with van der Waals surface area (Å²) >= 11 is 0. The Morgan fingerprint density at radius 1 is 1.37 bits per heavy atom. The molecule has 7 nitrogen and oxygen atoms in total. The van der Waals surface area contributed by atoms with Crippen molar-refractivity contribution < 1.29 is 27.8 Å². The van der Waals surface area contributed by atoms with Crippen LogP contribution in [-0.4, -0.2) is 50.6 Å². The quantitative estimate of drug-likeness (QED) is 0.848. The number of carboxylic acid groups (broad SMARTS) is 1. The molecule has 0 unspecified atom stereocenters. The predicted molar refractivity (Wildman–Crippen MR) is 64.9 cm³/mol. The summed E-state index contributed by atoms with van der Waals surface area (Å²) in [6.07, 6.45) is 0. The van der Waals surface area contributed by atoms with Crippen molar-refractivity contribution in [3.05, 3.63) is 18.2 Å². The summed E-state index contributed by atoms with van der Waals surface area (Å²) in [5.74, 6) is -0.755. The van der Waals surface area contributed by atoms with Crippen LogP contribution in [0.25, 0.3) is 0 Å². The first-order chi connectivity index (χ1) is 8.93. The van der Waals surface area contributed by atoms with E-state index in [1.807, 2.05) is 0 Å². The van der Waals surface area contributed by atoms with Crippen LogP contribution in [0.1, 0.15) is 0 Å². The van der Waals surface area contributed by atoms with E-state index >= 15 is 0 Å². The van der Waals surface area contributed by atoms with Crippen molar-refractivity contribution >= 4 is 16.0 Å². The zero-order valence-corrected chi connectivity index (χ0v) is 11.0. The Bertz CT molecular complexity index is 597. The van der Waals surface area contributed by atoms with Crippen molar-refractivity contribution in [1.82, 2.24) is 4.31 Å². The van der Waals surface area contributed by atoms with E-state index in [1.54, 1.807) is 6.07 Å². The Kier molecular flexibility index (Phi) is 3.63. The lowest BCUT2D eigenvalue weighted by atomic mass is 10.3. The molecule has 1 aliphatic rings. The van der Waals surface area contributed by atoms with Crippen molar-refractivity contribution in [2.75, 3.05) is 26.8 Å². The van der Waals surface area contributed by atoms with E-state index < -0.39 is 22.5 Å². The van der Waals surface area contributed by atoms with Crippen molar-refractivity contribution in [1.29, 1.82) is 0 Å². The molecule has 0 fully saturated rings. The van der Waals surface area contributed by atoms with Crippen LogP contribution in [-0.2, 0) is 14.8 Å². The second kappa shape index (κ2) is 5.06. The first kappa shape index (κ1) is 13.6. The maximum absolute atomic E-state index is 12.3. The van der Waals surface area contributed by atoms with E-state index in [9.17, 15) is 13.2 Å². The lowest BCUT2D eigenvalue weighted by Gasteiger charge is -2.22. The van der Waals surface area contributed by atoms with Gasteiger partial charge in [-0.15, -0.1) is 0 Å². The zero-order chi connectivity index (χ0) is 14.0. The molecule has 1 N–H and O–H groups in total. The molecule has 1 aromatic carbocycles. The fraction of sp³-hybridized carbons (Fsp3) is 0.364. The maximum atomic E-state index is 12.3. The van der Waals surface area contributed by atoms with Crippen LogP contribution in [0.4, 0.5) is 0 Å². The standard InChI is InChI=1S/C11H13NO6S/c1-12(7-10(13)14)19(15,16)9-4-2-3-8-11(9)18-6-5-17-8/h2-4H,5-7H2,1H3,(H,13,14). The molecule has 104 valence electrons. The molecule has 2 rings (SSSR count). The number of fused-ring (bicyclic) bond motifs is 1. The van der Waals surface area contributed by atoms with Crippen LogP contribution in [0.5, 0.6) is 11.5 Å². The average molecular weight is 287 g/mol. The predicted octanol–water partition coefficient (Wildman–Crippen LogP) is 0.163. The molecule has 0 aliphatic carbocycles. The number of benzene rings is 1. The third-order valence-electron chi connectivity index (χ3n) is 2.58. The van der Waals surface area contributed by atoms with Crippen molar-refractivity contribution in [2.45, 2.75) is 4.90 Å². The van der Waals surface area contributed by atoms with Crippen LogP contribution in [0, 0.1) is 0 Å². The first-order valence-corrected chi connectivity index (χ1v) is 6.93. The van der Waals surface area contributed by atoms with Gasteiger partial charge in [0.1, 0.15) is 24.7 Å². The minimum atomic E-state index is -3.93. The number of rotatable bonds is 4. The number of carbonyl (C=O) groups is 1. The zero-order valence-electron chi connectivity index (χ0n) is 10.2. The molecule has 19 heavy (non-hydrogen) atoms. The minimum Gasteiger partial charge on any atom is -0.486 e. The molecule has 1 heterocycles. The molecule has 1 aliphatic heterocycles. The highest BCUT2D eigenvalue weighted by Gasteiger charge is 2.29. The highest BCUT2D eigenvalue weighted by Crippen LogP contribution is 2.37. The Labute approximate surface area is 110 Å². The Morgan fingerprint density at radius 3 is 2.74 bits per heavy atom. The summed E-state index contributed by atoms with van der Waals surface area (Å²) in [4.78, 5) is 10.5. The molecule has 0 aromatic heterocycles. The Hall–Kier alpha value is -1.80. The molecule has 0 atom stereocenters. The number of aliphatic carboxylic acids is 1. The van der Waals surface area contributed by atoms with E-state index in [0.717, 1.165) is 4.31 Å². The fourth-order valence-corrected chi connectivity index (χ4v) is 2.95. The summed E-state index contributed by atoms with van der Waals surface area (Å²) < 4.78 is 35.9. The number of ether oxygens (including phenoxy) is 2. The van der Waals surface area contributed by atoms with Gasteiger partial charge in [0, 0.05) is 7.05 Å². The van der Waals surface area contributed by atoms with Gasteiger partial charge in [-0.3, -0.25) is 4.79 Å². The largest absolute Gasteiger partial charge is 0.486 e.